The van der Waals surface area contributed by atoms with Gasteiger partial charge in [-0.15, -0.1) is 0 Å². The molecule has 0 aliphatic carbocycles. The number of halogens is 1. The highest BCUT2D eigenvalue weighted by atomic mass is 35.7. The lowest BCUT2D eigenvalue weighted by Crippen LogP contribution is -2.13. The summed E-state index contributed by atoms with van der Waals surface area (Å²) in [4.78, 5) is 11.8. The predicted molar refractivity (Wildman–Crippen MR) is 73.9 cm³/mol. The second-order valence-electron chi connectivity index (χ2n) is 3.75. The molecule has 0 aliphatic heterocycles. The molecular formula is C13H10ClNO3S. The van der Waals surface area contributed by atoms with Gasteiger partial charge >= 0.3 is 0 Å². The molecule has 19 heavy (non-hydrogen) atoms. The number of nitrogens with one attached hydrogen (secondary N) is 1. The van der Waals surface area contributed by atoms with E-state index in [-0.39, 0.29) is 10.6 Å². The zero-order valence-electron chi connectivity index (χ0n) is 9.71. The van der Waals surface area contributed by atoms with Crippen molar-refractivity contribution >= 4 is 31.3 Å². The van der Waals surface area contributed by atoms with Crippen LogP contribution in [0, 0.1) is 0 Å². The number of rotatable bonds is 3. The molecule has 6 heteroatoms. The molecule has 0 saturated carbocycles. The van der Waals surface area contributed by atoms with Gasteiger partial charge in [0.05, 0.1) is 5.69 Å². The summed E-state index contributed by atoms with van der Waals surface area (Å²) in [6.07, 6.45) is 0. The van der Waals surface area contributed by atoms with Crippen LogP contribution in [0.15, 0.2) is 59.5 Å². The van der Waals surface area contributed by atoms with Crippen molar-refractivity contribution in [2.45, 2.75) is 4.90 Å². The van der Waals surface area contributed by atoms with Gasteiger partial charge in [0.15, 0.2) is 0 Å². The minimum absolute atomic E-state index is 0.124. The van der Waals surface area contributed by atoms with Crippen molar-refractivity contribution < 1.29 is 13.2 Å². The van der Waals surface area contributed by atoms with E-state index < -0.39 is 15.0 Å². The van der Waals surface area contributed by atoms with Gasteiger partial charge < -0.3 is 5.32 Å². The number of para-hydroxylation sites is 1. The summed E-state index contributed by atoms with van der Waals surface area (Å²) in [5.74, 6) is -0.395. The minimum Gasteiger partial charge on any atom is -0.321 e. The molecule has 0 unspecified atom stereocenters. The zero-order valence-corrected chi connectivity index (χ0v) is 11.3. The van der Waals surface area contributed by atoms with Crippen LogP contribution in [0.3, 0.4) is 0 Å². The van der Waals surface area contributed by atoms with Crippen molar-refractivity contribution in [3.05, 3.63) is 60.2 Å². The number of benzene rings is 2. The van der Waals surface area contributed by atoms with E-state index in [4.69, 9.17) is 10.7 Å². The lowest BCUT2D eigenvalue weighted by molar-refractivity contribution is 0.102. The summed E-state index contributed by atoms with van der Waals surface area (Å²) >= 11 is 0. The van der Waals surface area contributed by atoms with Gasteiger partial charge in [0.25, 0.3) is 15.0 Å². The molecule has 0 heterocycles. The maximum absolute atomic E-state index is 11.9. The Bertz CT molecular complexity index is 699. The molecule has 0 saturated heterocycles. The molecule has 2 rings (SSSR count). The van der Waals surface area contributed by atoms with Crippen LogP contribution < -0.4 is 5.32 Å². The van der Waals surface area contributed by atoms with Crippen molar-refractivity contribution in [3.8, 4) is 0 Å². The van der Waals surface area contributed by atoms with Crippen LogP contribution in [0.2, 0.25) is 0 Å². The van der Waals surface area contributed by atoms with E-state index in [1.54, 1.807) is 36.4 Å². The van der Waals surface area contributed by atoms with E-state index in [0.29, 0.717) is 5.56 Å². The molecular weight excluding hydrogens is 286 g/mol. The Morgan fingerprint density at radius 3 is 2.16 bits per heavy atom. The Balaban J connectivity index is 2.33. The van der Waals surface area contributed by atoms with Gasteiger partial charge in [-0.3, -0.25) is 4.79 Å². The molecule has 0 aromatic heterocycles. The third-order valence-electron chi connectivity index (χ3n) is 2.43. The van der Waals surface area contributed by atoms with Gasteiger partial charge in [0.2, 0.25) is 0 Å². The first-order chi connectivity index (χ1) is 8.98. The third-order valence-corrected chi connectivity index (χ3v) is 3.81. The van der Waals surface area contributed by atoms with Crippen LogP contribution in [0.5, 0.6) is 0 Å². The summed E-state index contributed by atoms with van der Waals surface area (Å²) in [6.45, 7) is 0. The van der Waals surface area contributed by atoms with Crippen LogP contribution in [0.25, 0.3) is 0 Å². The predicted octanol–water partition coefficient (Wildman–Crippen LogP) is 2.87. The van der Waals surface area contributed by atoms with Gasteiger partial charge in [0.1, 0.15) is 4.90 Å². The summed E-state index contributed by atoms with van der Waals surface area (Å²) in [5.41, 5.74) is 0.593. The Morgan fingerprint density at radius 1 is 0.947 bits per heavy atom. The summed E-state index contributed by atoms with van der Waals surface area (Å²) in [6, 6.07) is 14.5. The van der Waals surface area contributed by atoms with E-state index in [9.17, 15) is 13.2 Å². The fourth-order valence-corrected chi connectivity index (χ4v) is 2.59. The lowest BCUT2D eigenvalue weighted by Gasteiger charge is -2.08. The highest BCUT2D eigenvalue weighted by molar-refractivity contribution is 8.13. The van der Waals surface area contributed by atoms with Crippen molar-refractivity contribution in [2.24, 2.45) is 0 Å². The fraction of sp³-hybridized carbons (Fsp3) is 0. The molecule has 0 spiro atoms. The first kappa shape index (κ1) is 13.6. The smallest absolute Gasteiger partial charge is 0.263 e. The van der Waals surface area contributed by atoms with E-state index >= 15 is 0 Å². The number of carbonyl (C=O) groups excluding carboxylic acids is 1. The van der Waals surface area contributed by atoms with Crippen molar-refractivity contribution in [1.29, 1.82) is 0 Å². The molecule has 1 amide bonds. The summed E-state index contributed by atoms with van der Waals surface area (Å²) in [5, 5.41) is 2.53. The average molecular weight is 296 g/mol. The Morgan fingerprint density at radius 2 is 1.53 bits per heavy atom. The second kappa shape index (κ2) is 5.42. The van der Waals surface area contributed by atoms with E-state index in [1.165, 1.54) is 18.2 Å². The normalized spacial score (nSPS) is 11.0. The maximum atomic E-state index is 11.9. The molecule has 2 aromatic carbocycles. The first-order valence-electron chi connectivity index (χ1n) is 5.38. The number of hydrogen-bond acceptors (Lipinski definition) is 3. The molecule has 4 nitrogen and oxygen atoms in total. The third kappa shape index (κ3) is 3.33. The molecule has 0 atom stereocenters. The Kier molecular flexibility index (Phi) is 3.87. The zero-order chi connectivity index (χ0) is 13.9. The molecule has 98 valence electrons. The summed E-state index contributed by atoms with van der Waals surface area (Å²) < 4.78 is 22.8. The molecule has 0 fully saturated rings. The van der Waals surface area contributed by atoms with Gasteiger partial charge in [-0.1, -0.05) is 30.3 Å². The van der Waals surface area contributed by atoms with Crippen LogP contribution >= 0.6 is 10.7 Å². The first-order valence-corrected chi connectivity index (χ1v) is 7.69. The van der Waals surface area contributed by atoms with E-state index in [1.807, 2.05) is 0 Å². The van der Waals surface area contributed by atoms with Gasteiger partial charge in [-0.05, 0) is 24.3 Å². The summed E-state index contributed by atoms with van der Waals surface area (Å²) in [7, 11) is 1.41. The monoisotopic (exact) mass is 295 g/mol. The van der Waals surface area contributed by atoms with Crippen LogP contribution in [-0.4, -0.2) is 14.3 Å². The Labute approximate surface area is 115 Å². The van der Waals surface area contributed by atoms with Crippen molar-refractivity contribution in [1.82, 2.24) is 0 Å². The largest absolute Gasteiger partial charge is 0.321 e. The average Bonchev–Trinajstić information content (AvgIpc) is 2.39. The van der Waals surface area contributed by atoms with E-state index in [2.05, 4.69) is 5.32 Å². The van der Waals surface area contributed by atoms with Crippen molar-refractivity contribution in [3.63, 3.8) is 0 Å². The van der Waals surface area contributed by atoms with Gasteiger partial charge in [0, 0.05) is 16.2 Å². The quantitative estimate of drug-likeness (QED) is 0.886. The standard InChI is InChI=1S/C13H10ClNO3S/c14-19(17,18)12-9-5-4-8-11(12)15-13(16)10-6-2-1-3-7-10/h1-9H,(H,15,16). The molecule has 0 bridgehead atoms. The molecule has 0 aliphatic rings. The molecule has 2 aromatic rings. The molecule has 0 radical (unpaired) electrons. The Hall–Kier alpha value is -1.85. The number of anilines is 1. The maximum Gasteiger partial charge on any atom is 0.263 e. The van der Waals surface area contributed by atoms with Gasteiger partial charge in [-0.2, -0.15) is 0 Å². The second-order valence-corrected chi connectivity index (χ2v) is 6.29. The van der Waals surface area contributed by atoms with Crippen molar-refractivity contribution in [2.75, 3.05) is 5.32 Å². The van der Waals surface area contributed by atoms with Crippen LogP contribution in [-0.2, 0) is 9.05 Å². The lowest BCUT2D eigenvalue weighted by atomic mass is 10.2. The number of carbonyl (C=O) groups is 1. The van der Waals surface area contributed by atoms with Gasteiger partial charge in [-0.25, -0.2) is 8.42 Å². The highest BCUT2D eigenvalue weighted by Gasteiger charge is 2.16. The fourth-order valence-electron chi connectivity index (χ4n) is 1.57. The highest BCUT2D eigenvalue weighted by Crippen LogP contribution is 2.24. The number of amides is 1. The minimum atomic E-state index is -3.90. The SMILES string of the molecule is O=C(Nc1ccccc1S(=O)(=O)Cl)c1ccccc1. The van der Waals surface area contributed by atoms with Crippen LogP contribution in [0.4, 0.5) is 5.69 Å². The van der Waals surface area contributed by atoms with Crippen LogP contribution in [0.1, 0.15) is 10.4 Å². The van der Waals surface area contributed by atoms with E-state index in [0.717, 1.165) is 0 Å². The topological polar surface area (TPSA) is 63.2 Å². The number of hydrogen-bond donors (Lipinski definition) is 1. The molecule has 1 N–H and O–H groups in total.